The van der Waals surface area contributed by atoms with Gasteiger partial charge in [-0.3, -0.25) is 4.79 Å². The summed E-state index contributed by atoms with van der Waals surface area (Å²) in [7, 11) is 0. The smallest absolute Gasteiger partial charge is 0.263 e. The molecule has 1 aliphatic heterocycles. The summed E-state index contributed by atoms with van der Waals surface area (Å²) in [6.07, 6.45) is 14.1. The van der Waals surface area contributed by atoms with Crippen LogP contribution in [-0.2, 0) is 4.79 Å². The monoisotopic (exact) mass is 265 g/mol. The van der Waals surface area contributed by atoms with Gasteiger partial charge in [0.05, 0.1) is 5.04 Å². The van der Waals surface area contributed by atoms with Crippen LogP contribution in [0.15, 0.2) is 4.99 Å². The van der Waals surface area contributed by atoms with E-state index in [-0.39, 0.29) is 10.7 Å². The standard InChI is InChI=1S/C15H23NOS/c17-14-15(9-6-10-15)18-13(16-14)11-12-7-4-2-1-3-5-8-12/h12H,1-11H2. The van der Waals surface area contributed by atoms with Gasteiger partial charge in [-0.15, -0.1) is 0 Å². The molecule has 3 heteroatoms. The lowest BCUT2D eigenvalue weighted by Gasteiger charge is -2.34. The van der Waals surface area contributed by atoms with Crippen LogP contribution < -0.4 is 0 Å². The van der Waals surface area contributed by atoms with Crippen LogP contribution in [0.25, 0.3) is 0 Å². The van der Waals surface area contributed by atoms with Crippen LogP contribution >= 0.6 is 11.8 Å². The molecule has 0 aromatic rings. The van der Waals surface area contributed by atoms with Gasteiger partial charge >= 0.3 is 0 Å². The predicted octanol–water partition coefficient (Wildman–Crippen LogP) is 4.33. The highest BCUT2D eigenvalue weighted by atomic mass is 32.2. The molecule has 2 fully saturated rings. The molecule has 0 aromatic carbocycles. The van der Waals surface area contributed by atoms with Crippen molar-refractivity contribution in [3.05, 3.63) is 0 Å². The molecule has 0 radical (unpaired) electrons. The van der Waals surface area contributed by atoms with Crippen molar-refractivity contribution in [2.24, 2.45) is 10.9 Å². The molecule has 0 aromatic heterocycles. The van der Waals surface area contributed by atoms with Gasteiger partial charge in [0.25, 0.3) is 5.91 Å². The largest absolute Gasteiger partial charge is 0.271 e. The van der Waals surface area contributed by atoms with Crippen molar-refractivity contribution in [2.45, 2.75) is 75.4 Å². The average Bonchev–Trinajstić information content (AvgIpc) is 2.59. The Kier molecular flexibility index (Phi) is 3.78. The minimum absolute atomic E-state index is 0.0864. The number of carbonyl (C=O) groups is 1. The number of amides is 1. The number of thioether (sulfide) groups is 1. The van der Waals surface area contributed by atoms with E-state index in [2.05, 4.69) is 4.99 Å². The summed E-state index contributed by atoms with van der Waals surface area (Å²) >= 11 is 1.81. The molecule has 1 amide bonds. The molecule has 1 heterocycles. The average molecular weight is 265 g/mol. The van der Waals surface area contributed by atoms with E-state index in [1.54, 1.807) is 0 Å². The zero-order valence-electron chi connectivity index (χ0n) is 11.1. The van der Waals surface area contributed by atoms with Crippen LogP contribution in [0, 0.1) is 5.92 Å². The third kappa shape index (κ3) is 2.52. The molecular weight excluding hydrogens is 242 g/mol. The molecule has 0 saturated heterocycles. The van der Waals surface area contributed by atoms with Crippen molar-refractivity contribution in [1.82, 2.24) is 0 Å². The lowest BCUT2D eigenvalue weighted by molar-refractivity contribution is -0.121. The molecule has 2 nitrogen and oxygen atoms in total. The SMILES string of the molecule is O=C1N=C(CC2CCCCCCC2)SC12CCC2. The molecule has 18 heavy (non-hydrogen) atoms. The quantitative estimate of drug-likeness (QED) is 0.743. The summed E-state index contributed by atoms with van der Waals surface area (Å²) < 4.78 is -0.0864. The summed E-state index contributed by atoms with van der Waals surface area (Å²) in [6, 6.07) is 0. The van der Waals surface area contributed by atoms with Gasteiger partial charge in [-0.1, -0.05) is 56.7 Å². The van der Waals surface area contributed by atoms with Crippen molar-refractivity contribution in [2.75, 3.05) is 0 Å². The first-order chi connectivity index (χ1) is 8.78. The number of hydrogen-bond acceptors (Lipinski definition) is 2. The van der Waals surface area contributed by atoms with Gasteiger partial charge in [-0.25, -0.2) is 4.99 Å². The Morgan fingerprint density at radius 1 is 1.06 bits per heavy atom. The molecule has 100 valence electrons. The number of aliphatic imine (C=N–C) groups is 1. The van der Waals surface area contributed by atoms with E-state index in [4.69, 9.17) is 0 Å². The fraction of sp³-hybridized carbons (Fsp3) is 0.867. The molecule has 0 bridgehead atoms. The Labute approximate surface area is 114 Å². The summed E-state index contributed by atoms with van der Waals surface area (Å²) in [6.45, 7) is 0. The summed E-state index contributed by atoms with van der Waals surface area (Å²) in [5.74, 6) is 0.971. The molecule has 3 aliphatic rings. The van der Waals surface area contributed by atoms with Gasteiger partial charge in [0.15, 0.2) is 0 Å². The summed E-state index contributed by atoms with van der Waals surface area (Å²) in [5.41, 5.74) is 0. The highest BCUT2D eigenvalue weighted by Gasteiger charge is 2.49. The highest BCUT2D eigenvalue weighted by Crippen LogP contribution is 2.50. The Morgan fingerprint density at radius 3 is 2.28 bits per heavy atom. The van der Waals surface area contributed by atoms with Crippen LogP contribution in [-0.4, -0.2) is 15.7 Å². The first kappa shape index (κ1) is 12.7. The minimum atomic E-state index is -0.0864. The molecule has 0 N–H and O–H groups in total. The Morgan fingerprint density at radius 2 is 1.72 bits per heavy atom. The first-order valence-electron chi connectivity index (χ1n) is 7.59. The summed E-state index contributed by atoms with van der Waals surface area (Å²) in [5, 5.41) is 1.16. The Bertz CT molecular complexity index is 352. The first-order valence-corrected chi connectivity index (χ1v) is 8.41. The molecule has 2 aliphatic carbocycles. The lowest BCUT2D eigenvalue weighted by Crippen LogP contribution is -2.38. The maximum Gasteiger partial charge on any atom is 0.263 e. The highest BCUT2D eigenvalue weighted by molar-refractivity contribution is 8.16. The molecule has 3 rings (SSSR count). The molecule has 2 saturated carbocycles. The lowest BCUT2D eigenvalue weighted by atomic mass is 9.84. The van der Waals surface area contributed by atoms with Crippen molar-refractivity contribution in [1.29, 1.82) is 0 Å². The molecular formula is C15H23NOS. The van der Waals surface area contributed by atoms with Crippen molar-refractivity contribution in [3.63, 3.8) is 0 Å². The molecule has 0 unspecified atom stereocenters. The van der Waals surface area contributed by atoms with Gasteiger partial charge in [-0.2, -0.15) is 0 Å². The van der Waals surface area contributed by atoms with E-state index in [9.17, 15) is 4.79 Å². The third-order valence-corrected chi connectivity index (χ3v) is 6.25. The number of carbonyl (C=O) groups excluding carboxylic acids is 1. The second-order valence-corrected chi connectivity index (χ2v) is 7.63. The zero-order valence-corrected chi connectivity index (χ0v) is 11.9. The maximum atomic E-state index is 11.9. The number of nitrogens with zero attached hydrogens (tertiary/aromatic N) is 1. The minimum Gasteiger partial charge on any atom is -0.271 e. The third-order valence-electron chi connectivity index (χ3n) is 4.78. The van der Waals surface area contributed by atoms with E-state index in [1.807, 2.05) is 11.8 Å². The molecule has 0 atom stereocenters. The fourth-order valence-corrected chi connectivity index (χ4v) is 4.92. The summed E-state index contributed by atoms with van der Waals surface area (Å²) in [4.78, 5) is 16.3. The van der Waals surface area contributed by atoms with Gasteiger partial charge in [-0.05, 0) is 31.6 Å². The van der Waals surface area contributed by atoms with Crippen molar-refractivity contribution in [3.8, 4) is 0 Å². The van der Waals surface area contributed by atoms with E-state index in [0.29, 0.717) is 0 Å². The van der Waals surface area contributed by atoms with Gasteiger partial charge in [0.1, 0.15) is 4.75 Å². The van der Waals surface area contributed by atoms with Gasteiger partial charge in [0.2, 0.25) is 0 Å². The topological polar surface area (TPSA) is 29.4 Å². The number of rotatable bonds is 2. The van der Waals surface area contributed by atoms with E-state index in [1.165, 1.54) is 51.4 Å². The molecule has 1 spiro atoms. The Balaban J connectivity index is 1.56. The predicted molar refractivity (Wildman–Crippen MR) is 77.0 cm³/mol. The van der Waals surface area contributed by atoms with Crippen LogP contribution in [0.5, 0.6) is 0 Å². The maximum absolute atomic E-state index is 11.9. The second kappa shape index (κ2) is 5.36. The van der Waals surface area contributed by atoms with Crippen LogP contribution in [0.2, 0.25) is 0 Å². The van der Waals surface area contributed by atoms with Crippen molar-refractivity contribution < 1.29 is 4.79 Å². The van der Waals surface area contributed by atoms with E-state index in [0.717, 1.165) is 30.2 Å². The van der Waals surface area contributed by atoms with Gasteiger partial charge < -0.3 is 0 Å². The Hall–Kier alpha value is -0.310. The zero-order chi connectivity index (χ0) is 12.4. The number of hydrogen-bond donors (Lipinski definition) is 0. The second-order valence-electron chi connectivity index (χ2n) is 6.18. The van der Waals surface area contributed by atoms with E-state index < -0.39 is 0 Å². The van der Waals surface area contributed by atoms with Crippen LogP contribution in [0.4, 0.5) is 0 Å². The van der Waals surface area contributed by atoms with Crippen molar-refractivity contribution >= 4 is 22.7 Å². The van der Waals surface area contributed by atoms with Gasteiger partial charge in [0, 0.05) is 0 Å². The fourth-order valence-electron chi connectivity index (χ4n) is 3.40. The van der Waals surface area contributed by atoms with E-state index >= 15 is 0 Å². The van der Waals surface area contributed by atoms with Crippen LogP contribution in [0.3, 0.4) is 0 Å². The normalized spacial score (nSPS) is 28.7. The van der Waals surface area contributed by atoms with Crippen LogP contribution in [0.1, 0.15) is 70.6 Å².